The number of hydrogen-bond donors (Lipinski definition) is 2. The monoisotopic (exact) mass is 311 g/mol. The number of H-pyrrole nitrogens is 1. The lowest BCUT2D eigenvalue weighted by molar-refractivity contribution is -0.133. The molecule has 1 heterocycles. The highest BCUT2D eigenvalue weighted by molar-refractivity contribution is 7.99. The predicted octanol–water partition coefficient (Wildman–Crippen LogP) is 1.69. The number of carboxylic acids is 1. The van der Waals surface area contributed by atoms with Gasteiger partial charge in [-0.05, 0) is 31.0 Å². The number of halogens is 1. The number of aromatic amines is 1. The summed E-state index contributed by atoms with van der Waals surface area (Å²) in [7, 11) is 0. The Morgan fingerprint density at radius 1 is 1.48 bits per heavy atom. The third kappa shape index (κ3) is 3.94. The van der Waals surface area contributed by atoms with E-state index in [4.69, 9.17) is 5.11 Å². The molecule has 0 aliphatic rings. The van der Waals surface area contributed by atoms with E-state index >= 15 is 0 Å². The Morgan fingerprint density at radius 3 is 2.76 bits per heavy atom. The van der Waals surface area contributed by atoms with Gasteiger partial charge in [-0.25, -0.2) is 14.3 Å². The largest absolute Gasteiger partial charge is 0.481 e. The standard InChI is InChI=1S/C13H14FN3O3S/c1-8(6-9-2-4-10(14)5-3-9)17-12(20)15-16-13(17)21-7-11(18)19/h2-5,8H,6-7H2,1H3,(H,15,20)(H,18,19). The van der Waals surface area contributed by atoms with Crippen LogP contribution in [0.5, 0.6) is 0 Å². The molecule has 0 saturated heterocycles. The van der Waals surface area contributed by atoms with Crippen molar-refractivity contribution < 1.29 is 14.3 Å². The average Bonchev–Trinajstić information content (AvgIpc) is 2.80. The van der Waals surface area contributed by atoms with Crippen molar-refractivity contribution in [1.29, 1.82) is 0 Å². The number of carbonyl (C=O) groups is 1. The van der Waals surface area contributed by atoms with Gasteiger partial charge in [0.2, 0.25) is 0 Å². The molecule has 0 aliphatic carbocycles. The summed E-state index contributed by atoms with van der Waals surface area (Å²) in [6.45, 7) is 1.82. The lowest BCUT2D eigenvalue weighted by atomic mass is 10.1. The quantitative estimate of drug-likeness (QED) is 0.793. The zero-order valence-electron chi connectivity index (χ0n) is 11.2. The average molecular weight is 311 g/mol. The molecule has 0 spiro atoms. The van der Waals surface area contributed by atoms with Crippen LogP contribution in [0.3, 0.4) is 0 Å². The SMILES string of the molecule is CC(Cc1ccc(F)cc1)n1c(SCC(=O)O)n[nH]c1=O. The van der Waals surface area contributed by atoms with Crippen LogP contribution in [0.1, 0.15) is 18.5 Å². The third-order valence-electron chi connectivity index (χ3n) is 2.88. The first-order valence-corrected chi connectivity index (χ1v) is 7.22. The van der Waals surface area contributed by atoms with Gasteiger partial charge < -0.3 is 5.11 Å². The van der Waals surface area contributed by atoms with Crippen molar-refractivity contribution in [3.8, 4) is 0 Å². The fourth-order valence-corrected chi connectivity index (χ4v) is 2.72. The first-order chi connectivity index (χ1) is 9.97. The third-order valence-corrected chi connectivity index (χ3v) is 3.82. The van der Waals surface area contributed by atoms with Crippen molar-refractivity contribution in [2.45, 2.75) is 24.5 Å². The molecule has 0 amide bonds. The Labute approximate surface area is 124 Å². The Hall–Kier alpha value is -2.09. The fourth-order valence-electron chi connectivity index (χ4n) is 1.96. The smallest absolute Gasteiger partial charge is 0.344 e. The summed E-state index contributed by atoms with van der Waals surface area (Å²) in [5.74, 6) is -1.47. The summed E-state index contributed by atoms with van der Waals surface area (Å²) in [5.41, 5.74) is 0.490. The van der Waals surface area contributed by atoms with Gasteiger partial charge in [-0.15, -0.1) is 5.10 Å². The Morgan fingerprint density at radius 2 is 2.14 bits per heavy atom. The van der Waals surface area contributed by atoms with Crippen molar-refractivity contribution in [3.63, 3.8) is 0 Å². The van der Waals surface area contributed by atoms with Gasteiger partial charge in [0.05, 0.1) is 5.75 Å². The number of nitrogens with zero attached hydrogens (tertiary/aromatic N) is 2. The molecule has 2 rings (SSSR count). The van der Waals surface area contributed by atoms with Crippen LogP contribution in [0.25, 0.3) is 0 Å². The first kappa shape index (κ1) is 15.3. The molecule has 8 heteroatoms. The van der Waals surface area contributed by atoms with Crippen molar-refractivity contribution in [3.05, 3.63) is 46.1 Å². The van der Waals surface area contributed by atoms with Crippen LogP contribution in [0, 0.1) is 5.82 Å². The van der Waals surface area contributed by atoms with Gasteiger partial charge in [0.25, 0.3) is 0 Å². The number of nitrogens with one attached hydrogen (secondary N) is 1. The van der Waals surface area contributed by atoms with E-state index in [-0.39, 0.29) is 17.6 Å². The second kappa shape index (κ2) is 6.57. The van der Waals surface area contributed by atoms with E-state index < -0.39 is 11.7 Å². The molecule has 0 saturated carbocycles. The summed E-state index contributed by atoms with van der Waals surface area (Å²) >= 11 is 0.978. The van der Waals surface area contributed by atoms with Gasteiger partial charge in [0.1, 0.15) is 5.82 Å². The summed E-state index contributed by atoms with van der Waals surface area (Å²) in [5, 5.41) is 15.2. The van der Waals surface area contributed by atoms with E-state index in [9.17, 15) is 14.0 Å². The number of hydrogen-bond acceptors (Lipinski definition) is 4. The van der Waals surface area contributed by atoms with Crippen molar-refractivity contribution in [1.82, 2.24) is 14.8 Å². The second-order valence-electron chi connectivity index (χ2n) is 4.54. The van der Waals surface area contributed by atoms with Gasteiger partial charge in [-0.2, -0.15) is 0 Å². The van der Waals surface area contributed by atoms with E-state index in [1.54, 1.807) is 12.1 Å². The first-order valence-electron chi connectivity index (χ1n) is 6.23. The van der Waals surface area contributed by atoms with Crippen molar-refractivity contribution in [2.75, 3.05) is 5.75 Å². The molecule has 21 heavy (non-hydrogen) atoms. The van der Waals surface area contributed by atoms with E-state index in [2.05, 4.69) is 10.2 Å². The van der Waals surface area contributed by atoms with Gasteiger partial charge in [-0.3, -0.25) is 9.36 Å². The highest BCUT2D eigenvalue weighted by Crippen LogP contribution is 2.20. The van der Waals surface area contributed by atoms with Crippen LogP contribution in [-0.2, 0) is 11.2 Å². The molecular formula is C13H14FN3O3S. The second-order valence-corrected chi connectivity index (χ2v) is 5.49. The summed E-state index contributed by atoms with van der Waals surface area (Å²) < 4.78 is 14.3. The van der Waals surface area contributed by atoms with Crippen LogP contribution < -0.4 is 5.69 Å². The minimum atomic E-state index is -0.979. The molecule has 2 N–H and O–H groups in total. The van der Waals surface area contributed by atoms with Crippen LogP contribution in [-0.4, -0.2) is 31.6 Å². The summed E-state index contributed by atoms with van der Waals surface area (Å²) in [6.07, 6.45) is 0.514. The molecule has 0 fully saturated rings. The van der Waals surface area contributed by atoms with Crippen LogP contribution in [0.2, 0.25) is 0 Å². The Bertz CT molecular complexity index is 681. The molecule has 112 valence electrons. The maximum atomic E-state index is 12.9. The topological polar surface area (TPSA) is 88.0 Å². The Balaban J connectivity index is 2.16. The number of aromatic nitrogens is 3. The molecule has 6 nitrogen and oxygen atoms in total. The molecular weight excluding hydrogens is 297 g/mol. The molecule has 1 aromatic heterocycles. The maximum Gasteiger partial charge on any atom is 0.344 e. The normalized spacial score (nSPS) is 12.3. The molecule has 0 bridgehead atoms. The molecule has 1 aromatic carbocycles. The highest BCUT2D eigenvalue weighted by Gasteiger charge is 2.16. The minimum Gasteiger partial charge on any atom is -0.481 e. The number of aliphatic carboxylic acids is 1. The van der Waals surface area contributed by atoms with Crippen LogP contribution >= 0.6 is 11.8 Å². The van der Waals surface area contributed by atoms with Crippen molar-refractivity contribution in [2.24, 2.45) is 0 Å². The molecule has 1 atom stereocenters. The summed E-state index contributed by atoms with van der Waals surface area (Å²) in [6, 6.07) is 5.81. The van der Waals surface area contributed by atoms with Gasteiger partial charge >= 0.3 is 11.7 Å². The van der Waals surface area contributed by atoms with Gasteiger partial charge in [-0.1, -0.05) is 23.9 Å². The molecule has 1 unspecified atom stereocenters. The summed E-state index contributed by atoms with van der Waals surface area (Å²) in [4.78, 5) is 22.4. The number of benzene rings is 1. The molecule has 0 aliphatic heterocycles. The van der Waals surface area contributed by atoms with E-state index in [0.29, 0.717) is 11.6 Å². The number of thioether (sulfide) groups is 1. The zero-order valence-corrected chi connectivity index (χ0v) is 12.1. The number of carboxylic acid groups (broad SMARTS) is 1. The molecule has 0 radical (unpaired) electrons. The number of rotatable bonds is 6. The lowest BCUT2D eigenvalue weighted by Crippen LogP contribution is -2.23. The Kier molecular flexibility index (Phi) is 4.79. The van der Waals surface area contributed by atoms with Gasteiger partial charge in [0.15, 0.2) is 5.16 Å². The fraction of sp³-hybridized carbons (Fsp3) is 0.308. The van der Waals surface area contributed by atoms with Gasteiger partial charge in [0, 0.05) is 6.04 Å². The minimum absolute atomic E-state index is 0.173. The van der Waals surface area contributed by atoms with Crippen molar-refractivity contribution >= 4 is 17.7 Å². The van der Waals surface area contributed by atoms with E-state index in [1.165, 1.54) is 16.7 Å². The lowest BCUT2D eigenvalue weighted by Gasteiger charge is -2.14. The molecule has 2 aromatic rings. The van der Waals surface area contributed by atoms with Crippen LogP contribution in [0.15, 0.2) is 34.2 Å². The van der Waals surface area contributed by atoms with Crippen LogP contribution in [0.4, 0.5) is 4.39 Å². The van der Waals surface area contributed by atoms with E-state index in [1.807, 2.05) is 6.92 Å². The maximum absolute atomic E-state index is 12.9. The predicted molar refractivity (Wildman–Crippen MR) is 76.0 cm³/mol. The highest BCUT2D eigenvalue weighted by atomic mass is 32.2. The van der Waals surface area contributed by atoms with E-state index in [0.717, 1.165) is 17.3 Å². The zero-order chi connectivity index (χ0) is 15.4.